The van der Waals surface area contributed by atoms with Gasteiger partial charge in [-0.25, -0.2) is 9.78 Å². The van der Waals surface area contributed by atoms with Crippen molar-refractivity contribution in [2.45, 2.75) is 44.6 Å². The van der Waals surface area contributed by atoms with Gasteiger partial charge in [0, 0.05) is 24.0 Å². The van der Waals surface area contributed by atoms with E-state index in [0.717, 1.165) is 35.4 Å². The second kappa shape index (κ2) is 9.39. The fourth-order valence-electron chi connectivity index (χ4n) is 4.66. The summed E-state index contributed by atoms with van der Waals surface area (Å²) in [7, 11) is 0. The lowest BCUT2D eigenvalue weighted by atomic mass is 9.95. The zero-order chi connectivity index (χ0) is 25.7. The van der Waals surface area contributed by atoms with Crippen molar-refractivity contribution in [2.75, 3.05) is 0 Å². The molecule has 1 aliphatic carbocycles. The van der Waals surface area contributed by atoms with Crippen LogP contribution in [0.2, 0.25) is 10.0 Å². The number of hydrogen-bond donors (Lipinski definition) is 1. The molecule has 6 rings (SSSR count). The maximum Gasteiger partial charge on any atom is 0.335 e. The maximum absolute atomic E-state index is 11.4. The Morgan fingerprint density at radius 1 is 1.11 bits per heavy atom. The predicted molar refractivity (Wildman–Crippen MR) is 138 cm³/mol. The second-order valence-electron chi connectivity index (χ2n) is 9.39. The molecule has 0 bridgehead atoms. The summed E-state index contributed by atoms with van der Waals surface area (Å²) in [6.07, 6.45) is 2.69. The number of fused-ring (bicyclic) bond motifs is 2. The third-order valence-corrected chi connectivity index (χ3v) is 7.38. The van der Waals surface area contributed by atoms with Gasteiger partial charge in [-0.2, -0.15) is 0 Å². The highest BCUT2D eigenvalue weighted by Gasteiger charge is 2.34. The molecule has 1 atom stereocenters. The van der Waals surface area contributed by atoms with E-state index in [1.807, 2.05) is 0 Å². The van der Waals surface area contributed by atoms with Gasteiger partial charge in [0.15, 0.2) is 0 Å². The van der Waals surface area contributed by atoms with Crippen molar-refractivity contribution in [3.8, 4) is 28.6 Å². The van der Waals surface area contributed by atoms with E-state index in [9.17, 15) is 9.90 Å². The number of aromatic carboxylic acids is 1. The van der Waals surface area contributed by atoms with Gasteiger partial charge in [0.25, 0.3) is 0 Å². The highest BCUT2D eigenvalue weighted by molar-refractivity contribution is 6.39. The minimum Gasteiger partial charge on any atom is -0.478 e. The second-order valence-corrected chi connectivity index (χ2v) is 10.2. The first-order valence-corrected chi connectivity index (χ1v) is 12.7. The lowest BCUT2D eigenvalue weighted by molar-refractivity contribution is 0.0696. The highest BCUT2D eigenvalue weighted by Crippen LogP contribution is 2.46. The summed E-state index contributed by atoms with van der Waals surface area (Å²) in [4.78, 5) is 16.1. The van der Waals surface area contributed by atoms with Gasteiger partial charge in [0.1, 0.15) is 29.6 Å². The molecule has 1 N–H and O–H groups in total. The summed E-state index contributed by atoms with van der Waals surface area (Å²) in [5, 5.41) is 14.7. The number of rotatable bonds is 6. The molecule has 0 spiro atoms. The van der Waals surface area contributed by atoms with Gasteiger partial charge in [-0.15, -0.1) is 0 Å². The van der Waals surface area contributed by atoms with Crippen LogP contribution in [0, 0.1) is 0 Å². The lowest BCUT2D eigenvalue weighted by Gasteiger charge is -2.12. The van der Waals surface area contributed by atoms with E-state index in [0.29, 0.717) is 51.0 Å². The minimum atomic E-state index is -0.998. The van der Waals surface area contributed by atoms with E-state index in [4.69, 9.17) is 42.2 Å². The van der Waals surface area contributed by atoms with Crippen LogP contribution in [0.15, 0.2) is 53.1 Å². The average molecular weight is 537 g/mol. The molecule has 1 aliphatic heterocycles. The molecule has 0 unspecified atom stereocenters. The fourth-order valence-corrected chi connectivity index (χ4v) is 5.24. The molecule has 2 aromatic carbocycles. The van der Waals surface area contributed by atoms with Crippen LogP contribution in [0.1, 0.15) is 64.5 Å². The van der Waals surface area contributed by atoms with Gasteiger partial charge in [-0.05, 0) is 54.7 Å². The summed E-state index contributed by atoms with van der Waals surface area (Å²) in [6.45, 7) is 2.25. The standard InChI is InChI=1S/C28H22Cl2N2O5/c1-14-11-21-22(36-23-12-16(28(33)34)7-8-17(14)23)9-10-24(31-21)35-13-18-26(32-37-27(18)15-5-6-15)25-19(29)3-2-4-20(25)30/h2-4,7-10,12,14-15H,5-6,11,13H2,1H3,(H,33,34)/t14-/m0/s1. The van der Waals surface area contributed by atoms with Crippen LogP contribution in [-0.4, -0.2) is 21.2 Å². The third kappa shape index (κ3) is 4.54. The molecule has 3 heterocycles. The van der Waals surface area contributed by atoms with Gasteiger partial charge < -0.3 is 19.1 Å². The number of aromatic nitrogens is 2. The Kier molecular flexibility index (Phi) is 6.05. The topological polar surface area (TPSA) is 94.7 Å². The number of benzene rings is 2. The predicted octanol–water partition coefficient (Wildman–Crippen LogP) is 7.65. The first-order chi connectivity index (χ1) is 17.9. The van der Waals surface area contributed by atoms with Crippen molar-refractivity contribution in [1.29, 1.82) is 0 Å². The average Bonchev–Trinajstić information content (AvgIpc) is 3.65. The van der Waals surface area contributed by atoms with Gasteiger partial charge in [-0.3, -0.25) is 0 Å². The summed E-state index contributed by atoms with van der Waals surface area (Å²) < 4.78 is 18.0. The van der Waals surface area contributed by atoms with E-state index >= 15 is 0 Å². The molecule has 0 amide bonds. The molecule has 37 heavy (non-hydrogen) atoms. The molecule has 2 aromatic heterocycles. The van der Waals surface area contributed by atoms with Crippen LogP contribution < -0.4 is 9.47 Å². The van der Waals surface area contributed by atoms with E-state index < -0.39 is 5.97 Å². The zero-order valence-corrected chi connectivity index (χ0v) is 21.3. The van der Waals surface area contributed by atoms with Crippen LogP contribution >= 0.6 is 23.2 Å². The molecule has 9 heteroatoms. The van der Waals surface area contributed by atoms with Crippen LogP contribution in [0.3, 0.4) is 0 Å². The Hall–Kier alpha value is -3.55. The summed E-state index contributed by atoms with van der Waals surface area (Å²) in [5.74, 6) is 1.73. The van der Waals surface area contributed by atoms with Crippen molar-refractivity contribution in [3.05, 3.63) is 86.7 Å². The number of nitrogens with zero attached hydrogens (tertiary/aromatic N) is 2. The first kappa shape index (κ1) is 23.8. The Morgan fingerprint density at radius 3 is 2.62 bits per heavy atom. The van der Waals surface area contributed by atoms with Gasteiger partial charge in [0.2, 0.25) is 5.88 Å². The smallest absolute Gasteiger partial charge is 0.335 e. The zero-order valence-electron chi connectivity index (χ0n) is 19.8. The molecule has 1 fully saturated rings. The lowest BCUT2D eigenvalue weighted by Crippen LogP contribution is -2.04. The Labute approximate surface area is 222 Å². The number of hydrogen-bond acceptors (Lipinski definition) is 6. The monoisotopic (exact) mass is 536 g/mol. The summed E-state index contributed by atoms with van der Waals surface area (Å²) in [6, 6.07) is 13.8. The Morgan fingerprint density at radius 2 is 1.89 bits per heavy atom. The molecule has 188 valence electrons. The van der Waals surface area contributed by atoms with Crippen LogP contribution in [-0.2, 0) is 13.0 Å². The number of carboxylic acid groups (broad SMARTS) is 1. The first-order valence-electron chi connectivity index (χ1n) is 12.0. The third-order valence-electron chi connectivity index (χ3n) is 6.75. The number of carbonyl (C=O) groups is 1. The minimum absolute atomic E-state index is 0.0790. The van der Waals surface area contributed by atoms with Gasteiger partial charge in [0.05, 0.1) is 26.9 Å². The summed E-state index contributed by atoms with van der Waals surface area (Å²) in [5.41, 5.74) is 3.86. The number of halogens is 2. The Balaban J connectivity index is 1.29. The van der Waals surface area contributed by atoms with Crippen molar-refractivity contribution in [3.63, 3.8) is 0 Å². The van der Waals surface area contributed by atoms with Gasteiger partial charge in [-0.1, -0.05) is 47.4 Å². The molecule has 7 nitrogen and oxygen atoms in total. The fraction of sp³-hybridized carbons (Fsp3) is 0.250. The molecular formula is C28H22Cl2N2O5. The van der Waals surface area contributed by atoms with Crippen LogP contribution in [0.5, 0.6) is 17.4 Å². The van der Waals surface area contributed by atoms with Crippen LogP contribution in [0.4, 0.5) is 0 Å². The highest BCUT2D eigenvalue weighted by atomic mass is 35.5. The summed E-state index contributed by atoms with van der Waals surface area (Å²) >= 11 is 12.9. The quantitative estimate of drug-likeness (QED) is 0.270. The van der Waals surface area contributed by atoms with E-state index in [-0.39, 0.29) is 18.1 Å². The SMILES string of the molecule is C[C@H]1Cc2nc(OCc3c(-c4c(Cl)cccc4Cl)noc3C3CC3)ccc2Oc2cc(C(=O)O)ccc21. The van der Waals surface area contributed by atoms with Gasteiger partial charge >= 0.3 is 5.97 Å². The molecule has 2 aliphatic rings. The van der Waals surface area contributed by atoms with Crippen molar-refractivity contribution in [1.82, 2.24) is 10.1 Å². The maximum atomic E-state index is 11.4. The van der Waals surface area contributed by atoms with Crippen molar-refractivity contribution in [2.24, 2.45) is 0 Å². The van der Waals surface area contributed by atoms with E-state index in [1.54, 1.807) is 48.5 Å². The molecule has 1 saturated carbocycles. The van der Waals surface area contributed by atoms with Crippen LogP contribution in [0.25, 0.3) is 11.3 Å². The largest absolute Gasteiger partial charge is 0.478 e. The molecule has 0 saturated heterocycles. The van der Waals surface area contributed by atoms with Crippen molar-refractivity contribution < 1.29 is 23.9 Å². The van der Waals surface area contributed by atoms with Crippen molar-refractivity contribution >= 4 is 29.2 Å². The van der Waals surface area contributed by atoms with E-state index in [1.165, 1.54) is 0 Å². The number of ether oxygens (including phenoxy) is 2. The number of carboxylic acids is 1. The molecular weight excluding hydrogens is 515 g/mol. The van der Waals surface area contributed by atoms with E-state index in [2.05, 4.69) is 12.1 Å². The Bertz CT molecular complexity index is 1510. The molecule has 0 radical (unpaired) electrons. The number of pyridine rings is 1. The normalized spacial score (nSPS) is 16.4. The molecule has 4 aromatic rings.